The van der Waals surface area contributed by atoms with Crippen LogP contribution < -0.4 is 10.1 Å². The Hall–Kier alpha value is -1.32. The van der Waals surface area contributed by atoms with Gasteiger partial charge in [0.25, 0.3) is 0 Å². The van der Waals surface area contributed by atoms with Crippen LogP contribution in [0.25, 0.3) is 0 Å². The van der Waals surface area contributed by atoms with E-state index in [2.05, 4.69) is 43.0 Å². The third-order valence-electron chi connectivity index (χ3n) is 2.84. The lowest BCUT2D eigenvalue weighted by molar-refractivity contribution is 0.292. The molecule has 1 heterocycles. The molecule has 0 atom stereocenters. The van der Waals surface area contributed by atoms with Gasteiger partial charge in [-0.15, -0.1) is 0 Å². The molecule has 0 aromatic carbocycles. The Morgan fingerprint density at radius 1 is 1.16 bits per heavy atom. The SMILES string of the molecule is CCCCCCOc1cc(NCC)nc(C(C)C)n1. The maximum atomic E-state index is 5.74. The summed E-state index contributed by atoms with van der Waals surface area (Å²) in [6, 6.07) is 1.88. The minimum absolute atomic E-state index is 0.307. The highest BCUT2D eigenvalue weighted by Crippen LogP contribution is 2.18. The van der Waals surface area contributed by atoms with Crippen LogP contribution >= 0.6 is 0 Å². The lowest BCUT2D eigenvalue weighted by atomic mass is 10.2. The second-order valence-corrected chi connectivity index (χ2v) is 5.04. The Morgan fingerprint density at radius 2 is 1.95 bits per heavy atom. The zero-order valence-electron chi connectivity index (χ0n) is 12.7. The van der Waals surface area contributed by atoms with Crippen molar-refractivity contribution in [2.24, 2.45) is 0 Å². The Morgan fingerprint density at radius 3 is 2.58 bits per heavy atom. The topological polar surface area (TPSA) is 47.0 Å². The molecule has 0 unspecified atom stereocenters. The van der Waals surface area contributed by atoms with Crippen molar-refractivity contribution in [1.82, 2.24) is 9.97 Å². The van der Waals surface area contributed by atoms with E-state index in [1.165, 1.54) is 19.3 Å². The van der Waals surface area contributed by atoms with E-state index in [0.717, 1.165) is 31.2 Å². The second-order valence-electron chi connectivity index (χ2n) is 5.04. The number of nitrogens with zero attached hydrogens (tertiary/aromatic N) is 2. The first kappa shape index (κ1) is 15.7. The Bertz CT molecular complexity index is 366. The minimum atomic E-state index is 0.307. The Balaban J connectivity index is 2.60. The van der Waals surface area contributed by atoms with Crippen molar-refractivity contribution >= 4 is 5.82 Å². The largest absolute Gasteiger partial charge is 0.478 e. The molecule has 0 saturated heterocycles. The second kappa shape index (κ2) is 8.73. The van der Waals surface area contributed by atoms with Crippen molar-refractivity contribution in [1.29, 1.82) is 0 Å². The Kier molecular flexibility index (Phi) is 7.23. The number of aromatic nitrogens is 2. The number of anilines is 1. The minimum Gasteiger partial charge on any atom is -0.478 e. The maximum Gasteiger partial charge on any atom is 0.218 e. The fourth-order valence-corrected chi connectivity index (χ4v) is 1.75. The summed E-state index contributed by atoms with van der Waals surface area (Å²) < 4.78 is 5.74. The quantitative estimate of drug-likeness (QED) is 0.686. The van der Waals surface area contributed by atoms with E-state index in [9.17, 15) is 0 Å². The van der Waals surface area contributed by atoms with Gasteiger partial charge in [0.05, 0.1) is 6.61 Å². The van der Waals surface area contributed by atoms with Crippen molar-refractivity contribution in [2.45, 2.75) is 59.3 Å². The van der Waals surface area contributed by atoms with Gasteiger partial charge in [0.2, 0.25) is 5.88 Å². The fourth-order valence-electron chi connectivity index (χ4n) is 1.75. The van der Waals surface area contributed by atoms with Gasteiger partial charge in [-0.1, -0.05) is 40.0 Å². The van der Waals surface area contributed by atoms with Gasteiger partial charge >= 0.3 is 0 Å². The molecular formula is C15H27N3O. The van der Waals surface area contributed by atoms with Gasteiger partial charge in [-0.25, -0.2) is 4.98 Å². The van der Waals surface area contributed by atoms with Crippen LogP contribution in [0.3, 0.4) is 0 Å². The van der Waals surface area contributed by atoms with Crippen LogP contribution in [0.15, 0.2) is 6.07 Å². The molecule has 0 radical (unpaired) electrons. The van der Waals surface area contributed by atoms with Gasteiger partial charge in [-0.05, 0) is 13.3 Å². The van der Waals surface area contributed by atoms with Gasteiger partial charge in [-0.2, -0.15) is 4.98 Å². The van der Waals surface area contributed by atoms with E-state index in [1.54, 1.807) is 0 Å². The van der Waals surface area contributed by atoms with Gasteiger partial charge in [0, 0.05) is 18.5 Å². The third kappa shape index (κ3) is 5.90. The molecule has 108 valence electrons. The molecule has 0 spiro atoms. The van der Waals surface area contributed by atoms with Gasteiger partial charge in [0.1, 0.15) is 11.6 Å². The van der Waals surface area contributed by atoms with Crippen LogP contribution in [0.2, 0.25) is 0 Å². The van der Waals surface area contributed by atoms with Crippen LogP contribution in [0.5, 0.6) is 5.88 Å². The molecule has 0 amide bonds. The van der Waals surface area contributed by atoms with Crippen molar-refractivity contribution in [3.05, 3.63) is 11.9 Å². The molecule has 19 heavy (non-hydrogen) atoms. The fraction of sp³-hybridized carbons (Fsp3) is 0.733. The summed E-state index contributed by atoms with van der Waals surface area (Å²) in [7, 11) is 0. The van der Waals surface area contributed by atoms with E-state index >= 15 is 0 Å². The van der Waals surface area contributed by atoms with Crippen molar-refractivity contribution < 1.29 is 4.74 Å². The average molecular weight is 265 g/mol. The molecule has 1 aromatic rings. The summed E-state index contributed by atoms with van der Waals surface area (Å²) in [6.07, 6.45) is 4.83. The van der Waals surface area contributed by atoms with Gasteiger partial charge in [0.15, 0.2) is 0 Å². The van der Waals surface area contributed by atoms with Gasteiger partial charge < -0.3 is 10.1 Å². The predicted octanol–water partition coefficient (Wildman–Crippen LogP) is 3.99. The highest BCUT2D eigenvalue weighted by Gasteiger charge is 2.08. The standard InChI is InChI=1S/C15H27N3O/c1-5-7-8-9-10-19-14-11-13(16-6-2)17-15(18-14)12(3)4/h11-12H,5-10H2,1-4H3,(H,16,17,18). The molecule has 0 bridgehead atoms. The van der Waals surface area contributed by atoms with E-state index in [1.807, 2.05) is 6.07 Å². The van der Waals surface area contributed by atoms with Crippen molar-refractivity contribution in [2.75, 3.05) is 18.5 Å². The zero-order valence-corrected chi connectivity index (χ0v) is 12.7. The van der Waals surface area contributed by atoms with Crippen molar-refractivity contribution in [3.63, 3.8) is 0 Å². The smallest absolute Gasteiger partial charge is 0.218 e. The van der Waals surface area contributed by atoms with E-state index in [0.29, 0.717) is 11.8 Å². The normalized spacial score (nSPS) is 10.8. The third-order valence-corrected chi connectivity index (χ3v) is 2.84. The first-order valence-corrected chi connectivity index (χ1v) is 7.43. The molecule has 0 saturated carbocycles. The summed E-state index contributed by atoms with van der Waals surface area (Å²) in [5, 5.41) is 3.22. The molecule has 0 aliphatic rings. The first-order valence-electron chi connectivity index (χ1n) is 7.43. The lowest BCUT2D eigenvalue weighted by Gasteiger charge is -2.11. The molecule has 0 fully saturated rings. The molecule has 1 N–H and O–H groups in total. The predicted molar refractivity (Wildman–Crippen MR) is 79.9 cm³/mol. The number of hydrogen-bond donors (Lipinski definition) is 1. The molecule has 0 aliphatic heterocycles. The molecule has 0 aliphatic carbocycles. The van der Waals surface area contributed by atoms with Crippen LogP contribution in [-0.2, 0) is 0 Å². The number of unbranched alkanes of at least 4 members (excludes halogenated alkanes) is 3. The number of hydrogen-bond acceptors (Lipinski definition) is 4. The zero-order chi connectivity index (χ0) is 14.1. The molecule has 4 heteroatoms. The molecule has 4 nitrogen and oxygen atoms in total. The van der Waals surface area contributed by atoms with Crippen molar-refractivity contribution in [3.8, 4) is 5.88 Å². The average Bonchev–Trinajstić information content (AvgIpc) is 2.38. The Labute approximate surface area is 117 Å². The van der Waals surface area contributed by atoms with Crippen LogP contribution in [-0.4, -0.2) is 23.1 Å². The van der Waals surface area contributed by atoms with E-state index in [-0.39, 0.29) is 0 Å². The molecule has 1 rings (SSSR count). The number of ether oxygens (including phenoxy) is 1. The number of rotatable bonds is 9. The van der Waals surface area contributed by atoms with Crippen LogP contribution in [0, 0.1) is 0 Å². The summed E-state index contributed by atoms with van der Waals surface area (Å²) in [5.74, 6) is 2.68. The lowest BCUT2D eigenvalue weighted by Crippen LogP contribution is -2.07. The monoisotopic (exact) mass is 265 g/mol. The van der Waals surface area contributed by atoms with Crippen LogP contribution in [0.1, 0.15) is 65.1 Å². The molecular weight excluding hydrogens is 238 g/mol. The summed E-state index contributed by atoms with van der Waals surface area (Å²) in [5.41, 5.74) is 0. The van der Waals surface area contributed by atoms with E-state index < -0.39 is 0 Å². The highest BCUT2D eigenvalue weighted by atomic mass is 16.5. The van der Waals surface area contributed by atoms with Gasteiger partial charge in [-0.3, -0.25) is 0 Å². The van der Waals surface area contributed by atoms with Crippen LogP contribution in [0.4, 0.5) is 5.82 Å². The summed E-state index contributed by atoms with van der Waals surface area (Å²) >= 11 is 0. The summed E-state index contributed by atoms with van der Waals surface area (Å²) in [4.78, 5) is 8.94. The maximum absolute atomic E-state index is 5.74. The van der Waals surface area contributed by atoms with E-state index in [4.69, 9.17) is 4.74 Å². The molecule has 1 aromatic heterocycles. The summed E-state index contributed by atoms with van der Waals surface area (Å²) in [6.45, 7) is 10.0. The highest BCUT2D eigenvalue weighted by molar-refractivity contribution is 5.38. The number of nitrogens with one attached hydrogen (secondary N) is 1. The first-order chi connectivity index (χ1) is 9.17.